The number of nitrogens with zero attached hydrogens (tertiary/aromatic N) is 1. The molecule has 6 rings (SSSR count). The second-order valence-electron chi connectivity index (χ2n) is 13.1. The lowest BCUT2D eigenvalue weighted by atomic mass is 9.89. The van der Waals surface area contributed by atoms with Crippen LogP contribution in [0.2, 0.25) is 0 Å². The number of benzene rings is 5. The Morgan fingerprint density at radius 1 is 0.796 bits per heavy atom. The van der Waals surface area contributed by atoms with E-state index in [4.69, 9.17) is 9.47 Å². The molecule has 49 heavy (non-hydrogen) atoms. The fourth-order valence-electron chi connectivity index (χ4n) is 6.59. The van der Waals surface area contributed by atoms with E-state index in [2.05, 4.69) is 127 Å². The fourth-order valence-corrected chi connectivity index (χ4v) is 6.59. The van der Waals surface area contributed by atoms with Gasteiger partial charge in [-0.3, -0.25) is 4.90 Å². The van der Waals surface area contributed by atoms with Gasteiger partial charge in [-0.15, -0.1) is 0 Å². The van der Waals surface area contributed by atoms with Crippen molar-refractivity contribution in [3.8, 4) is 11.1 Å². The molecule has 1 heterocycles. The van der Waals surface area contributed by atoms with Crippen LogP contribution in [0.15, 0.2) is 115 Å². The normalized spacial score (nSPS) is 19.9. The van der Waals surface area contributed by atoms with E-state index in [1.807, 2.05) is 31.2 Å². The van der Waals surface area contributed by atoms with E-state index in [-0.39, 0.29) is 36.8 Å². The topological polar surface area (TPSA) is 83.1 Å². The zero-order valence-electron chi connectivity index (χ0n) is 28.8. The molecular formula is C42H47N3O4. The number of urea groups is 1. The molecule has 1 saturated heterocycles. The minimum atomic E-state index is -0.547. The van der Waals surface area contributed by atoms with Crippen LogP contribution in [-0.2, 0) is 22.6 Å². The third-order valence-electron chi connectivity index (χ3n) is 9.74. The fraction of sp³-hybridized carbons (Fsp3) is 0.310. The number of amides is 2. The van der Waals surface area contributed by atoms with E-state index >= 15 is 0 Å². The Morgan fingerprint density at radius 2 is 1.53 bits per heavy atom. The van der Waals surface area contributed by atoms with Crippen LogP contribution in [0.4, 0.5) is 4.79 Å². The molecule has 5 aromatic carbocycles. The monoisotopic (exact) mass is 657 g/mol. The van der Waals surface area contributed by atoms with Gasteiger partial charge in [0.2, 0.25) is 0 Å². The standard InChI is InChI=1S/C42H47N3O4/c1-5-43-42(47)44-25-31-9-8-12-37(23-31)33-17-20-35(21-18-33)41-48-39(28(2)40(49-41)34-15-13-30(27-46)14-16-34)26-45(4)29(3)36-22-19-32-10-6-7-11-38(32)24-36/h6-24,28-29,39-41,46H,5,25-27H2,1-4H3,(H2,43,44,47). The Balaban J connectivity index is 1.21. The van der Waals surface area contributed by atoms with Gasteiger partial charge in [-0.2, -0.15) is 0 Å². The van der Waals surface area contributed by atoms with Gasteiger partial charge in [-0.25, -0.2) is 4.79 Å². The molecule has 5 unspecified atom stereocenters. The van der Waals surface area contributed by atoms with Crippen LogP contribution in [-0.4, -0.2) is 42.3 Å². The zero-order chi connectivity index (χ0) is 34.3. The number of rotatable bonds is 11. The van der Waals surface area contributed by atoms with Crippen molar-refractivity contribution in [2.75, 3.05) is 20.1 Å². The molecule has 0 spiro atoms. The molecule has 5 aromatic rings. The van der Waals surface area contributed by atoms with Crippen molar-refractivity contribution in [1.82, 2.24) is 15.5 Å². The highest BCUT2D eigenvalue weighted by Crippen LogP contribution is 2.42. The van der Waals surface area contributed by atoms with Crippen molar-refractivity contribution in [2.24, 2.45) is 5.92 Å². The summed E-state index contributed by atoms with van der Waals surface area (Å²) in [6, 6.07) is 39.8. The largest absolute Gasteiger partial charge is 0.392 e. The molecule has 7 nitrogen and oxygen atoms in total. The van der Waals surface area contributed by atoms with Gasteiger partial charge in [0.05, 0.1) is 18.8 Å². The molecule has 1 aliphatic heterocycles. The number of likely N-dealkylation sites (N-methyl/N-ethyl adjacent to an activating group) is 1. The third-order valence-corrected chi connectivity index (χ3v) is 9.74. The number of fused-ring (bicyclic) bond motifs is 1. The van der Waals surface area contributed by atoms with Crippen molar-refractivity contribution in [1.29, 1.82) is 0 Å². The molecule has 7 heteroatoms. The predicted molar refractivity (Wildman–Crippen MR) is 196 cm³/mol. The Kier molecular flexibility index (Phi) is 11.1. The van der Waals surface area contributed by atoms with E-state index in [1.165, 1.54) is 16.3 Å². The molecule has 2 amide bonds. The van der Waals surface area contributed by atoms with Crippen LogP contribution < -0.4 is 10.6 Å². The van der Waals surface area contributed by atoms with Gasteiger partial charge in [0.15, 0.2) is 6.29 Å². The number of ether oxygens (including phenoxy) is 2. The second kappa shape index (κ2) is 15.8. The molecule has 0 bridgehead atoms. The first-order valence-corrected chi connectivity index (χ1v) is 17.2. The van der Waals surface area contributed by atoms with E-state index < -0.39 is 6.29 Å². The van der Waals surface area contributed by atoms with Gasteiger partial charge in [0.1, 0.15) is 0 Å². The van der Waals surface area contributed by atoms with Crippen molar-refractivity contribution in [3.63, 3.8) is 0 Å². The average Bonchev–Trinajstić information content (AvgIpc) is 3.14. The van der Waals surface area contributed by atoms with E-state index in [0.717, 1.165) is 39.9 Å². The molecular weight excluding hydrogens is 610 g/mol. The highest BCUT2D eigenvalue weighted by atomic mass is 16.7. The second-order valence-corrected chi connectivity index (χ2v) is 13.1. The minimum Gasteiger partial charge on any atom is -0.392 e. The summed E-state index contributed by atoms with van der Waals surface area (Å²) in [5, 5.41) is 17.8. The van der Waals surface area contributed by atoms with Crippen molar-refractivity contribution in [3.05, 3.63) is 143 Å². The average molecular weight is 658 g/mol. The lowest BCUT2D eigenvalue weighted by Gasteiger charge is -2.43. The number of aliphatic hydroxyl groups excluding tert-OH is 1. The third kappa shape index (κ3) is 8.20. The quantitative estimate of drug-likeness (QED) is 0.133. The number of hydrogen-bond acceptors (Lipinski definition) is 5. The highest BCUT2D eigenvalue weighted by Gasteiger charge is 2.39. The summed E-state index contributed by atoms with van der Waals surface area (Å²) in [5.74, 6) is 0.0810. The van der Waals surface area contributed by atoms with Crippen LogP contribution in [0.1, 0.15) is 67.0 Å². The number of aliphatic hydroxyl groups is 1. The number of hydrogen-bond donors (Lipinski definition) is 3. The van der Waals surface area contributed by atoms with Crippen LogP contribution in [0.3, 0.4) is 0 Å². The van der Waals surface area contributed by atoms with Gasteiger partial charge in [0.25, 0.3) is 0 Å². The molecule has 5 atom stereocenters. The lowest BCUT2D eigenvalue weighted by Crippen LogP contribution is -2.44. The maximum absolute atomic E-state index is 11.9. The number of carbonyl (C=O) groups is 1. The highest BCUT2D eigenvalue weighted by molar-refractivity contribution is 5.83. The number of nitrogens with one attached hydrogen (secondary N) is 2. The van der Waals surface area contributed by atoms with Gasteiger partial charge in [-0.05, 0) is 77.2 Å². The summed E-state index contributed by atoms with van der Waals surface area (Å²) >= 11 is 0. The van der Waals surface area contributed by atoms with Crippen molar-refractivity contribution < 1.29 is 19.4 Å². The van der Waals surface area contributed by atoms with Gasteiger partial charge in [0, 0.05) is 37.2 Å². The predicted octanol–water partition coefficient (Wildman–Crippen LogP) is 8.30. The Bertz CT molecular complexity index is 1840. The van der Waals surface area contributed by atoms with Crippen LogP contribution in [0.5, 0.6) is 0 Å². The van der Waals surface area contributed by atoms with E-state index in [1.54, 1.807) is 0 Å². The smallest absolute Gasteiger partial charge is 0.315 e. The first kappa shape index (κ1) is 34.3. The summed E-state index contributed by atoms with van der Waals surface area (Å²) in [5.41, 5.74) is 7.35. The zero-order valence-corrected chi connectivity index (χ0v) is 28.8. The Morgan fingerprint density at radius 3 is 2.27 bits per heavy atom. The van der Waals surface area contributed by atoms with Crippen LogP contribution in [0, 0.1) is 5.92 Å². The first-order chi connectivity index (χ1) is 23.8. The SMILES string of the molecule is CCNC(=O)NCc1cccc(-c2ccc(C3OC(CN(C)C(C)c4ccc5ccccc5c4)C(C)C(c4ccc(CO)cc4)O3)cc2)c1. The lowest BCUT2D eigenvalue weighted by molar-refractivity contribution is -0.276. The molecule has 3 N–H and O–H groups in total. The van der Waals surface area contributed by atoms with Crippen molar-refractivity contribution >= 4 is 16.8 Å². The molecule has 0 aromatic heterocycles. The molecule has 0 aliphatic carbocycles. The summed E-state index contributed by atoms with van der Waals surface area (Å²) in [6.45, 7) is 8.13. The molecule has 254 valence electrons. The molecule has 0 radical (unpaired) electrons. The minimum absolute atomic E-state index is 0.00707. The molecule has 1 aliphatic rings. The summed E-state index contributed by atoms with van der Waals surface area (Å²) in [4.78, 5) is 14.3. The molecule has 1 fully saturated rings. The van der Waals surface area contributed by atoms with Gasteiger partial charge >= 0.3 is 6.03 Å². The van der Waals surface area contributed by atoms with Crippen molar-refractivity contribution in [2.45, 2.75) is 58.5 Å². The molecule has 0 saturated carbocycles. The maximum atomic E-state index is 11.9. The van der Waals surface area contributed by atoms with Crippen LogP contribution in [0.25, 0.3) is 21.9 Å². The summed E-state index contributed by atoms with van der Waals surface area (Å²) in [6.07, 6.45) is -0.827. The Hall–Kier alpha value is -4.53. The van der Waals surface area contributed by atoms with Gasteiger partial charge < -0.3 is 25.2 Å². The first-order valence-electron chi connectivity index (χ1n) is 17.2. The maximum Gasteiger partial charge on any atom is 0.315 e. The number of carbonyl (C=O) groups excluding carboxylic acids is 1. The van der Waals surface area contributed by atoms with E-state index in [9.17, 15) is 9.90 Å². The summed E-state index contributed by atoms with van der Waals surface area (Å²) in [7, 11) is 2.17. The summed E-state index contributed by atoms with van der Waals surface area (Å²) < 4.78 is 13.5. The van der Waals surface area contributed by atoms with E-state index in [0.29, 0.717) is 13.1 Å². The van der Waals surface area contributed by atoms with Gasteiger partial charge in [-0.1, -0.05) is 110 Å². The van der Waals surface area contributed by atoms with Crippen LogP contribution >= 0.6 is 0 Å². The Labute approximate surface area is 289 Å².